The Hall–Kier alpha value is -0.860. The summed E-state index contributed by atoms with van der Waals surface area (Å²) in [6, 6.07) is 9.14. The number of hydrogen-bond acceptors (Lipinski definition) is 3. The Morgan fingerprint density at radius 2 is 1.75 bits per heavy atom. The van der Waals surface area contributed by atoms with Crippen LogP contribution >= 0.6 is 24.0 Å². The van der Waals surface area contributed by atoms with Crippen molar-refractivity contribution >= 4 is 29.9 Å². The number of halogens is 1. The molecule has 6 heteroatoms. The Labute approximate surface area is 188 Å². The van der Waals surface area contributed by atoms with Crippen molar-refractivity contribution in [3.8, 4) is 0 Å². The average Bonchev–Trinajstić information content (AvgIpc) is 2.65. The van der Waals surface area contributed by atoms with Crippen LogP contribution in [0, 0.1) is 5.92 Å². The first kappa shape index (κ1) is 25.2. The van der Waals surface area contributed by atoms with Gasteiger partial charge in [-0.1, -0.05) is 38.1 Å². The number of ether oxygens (including phenoxy) is 1. The molecule has 0 radical (unpaired) electrons. The van der Waals surface area contributed by atoms with Gasteiger partial charge in [0, 0.05) is 32.3 Å². The van der Waals surface area contributed by atoms with Crippen LogP contribution in [-0.2, 0) is 11.2 Å². The second kappa shape index (κ2) is 12.0. The minimum Gasteiger partial charge on any atom is -0.381 e. The van der Waals surface area contributed by atoms with Crippen LogP contribution in [0.5, 0.6) is 0 Å². The van der Waals surface area contributed by atoms with Gasteiger partial charge in [0.1, 0.15) is 0 Å². The number of rotatable bonds is 7. The van der Waals surface area contributed by atoms with Crippen LogP contribution in [0.25, 0.3) is 0 Å². The Morgan fingerprint density at radius 3 is 2.25 bits per heavy atom. The molecule has 28 heavy (non-hydrogen) atoms. The summed E-state index contributed by atoms with van der Waals surface area (Å²) in [4.78, 5) is 6.76. The molecule has 2 N–H and O–H groups in total. The van der Waals surface area contributed by atoms with E-state index >= 15 is 0 Å². The van der Waals surface area contributed by atoms with Crippen LogP contribution in [0.2, 0.25) is 0 Å². The van der Waals surface area contributed by atoms with Crippen molar-refractivity contribution in [1.29, 1.82) is 0 Å². The van der Waals surface area contributed by atoms with Gasteiger partial charge in [0.2, 0.25) is 0 Å². The molecule has 0 spiro atoms. The van der Waals surface area contributed by atoms with Gasteiger partial charge in [-0.25, -0.2) is 0 Å². The summed E-state index contributed by atoms with van der Waals surface area (Å²) < 4.78 is 5.56. The molecule has 1 aromatic carbocycles. The van der Waals surface area contributed by atoms with Crippen molar-refractivity contribution in [1.82, 2.24) is 15.5 Å². The number of nitrogens with one attached hydrogen (secondary N) is 2. The Balaban J connectivity index is 0.00000392. The summed E-state index contributed by atoms with van der Waals surface area (Å²) in [5.74, 6) is 1.53. The maximum atomic E-state index is 5.56. The third-order valence-corrected chi connectivity index (χ3v) is 5.66. The van der Waals surface area contributed by atoms with Crippen molar-refractivity contribution in [2.45, 2.75) is 51.6 Å². The summed E-state index contributed by atoms with van der Waals surface area (Å²) in [6.07, 6.45) is 3.20. The largest absolute Gasteiger partial charge is 0.381 e. The Morgan fingerprint density at radius 1 is 1.14 bits per heavy atom. The van der Waals surface area contributed by atoms with Gasteiger partial charge in [0.15, 0.2) is 5.96 Å². The van der Waals surface area contributed by atoms with E-state index in [1.54, 1.807) is 0 Å². The fraction of sp³-hybridized carbons (Fsp3) is 0.682. The molecule has 0 amide bonds. The van der Waals surface area contributed by atoms with E-state index in [1.165, 1.54) is 11.1 Å². The summed E-state index contributed by atoms with van der Waals surface area (Å²) in [5, 5.41) is 7.07. The van der Waals surface area contributed by atoms with Crippen molar-refractivity contribution in [3.05, 3.63) is 35.4 Å². The first-order valence-corrected chi connectivity index (χ1v) is 10.2. The highest BCUT2D eigenvalue weighted by Gasteiger charge is 2.34. The zero-order valence-electron chi connectivity index (χ0n) is 18.4. The second-order valence-corrected chi connectivity index (χ2v) is 8.36. The SMILES string of the molecule is CN=C(NCC1(N(C)C)CCOCC1)NC(C)c1ccc(CC(C)C)cc1.I. The Kier molecular flexibility index (Phi) is 10.8. The Bertz CT molecular complexity index is 595. The highest BCUT2D eigenvalue weighted by Crippen LogP contribution is 2.25. The minimum absolute atomic E-state index is 0. The first-order chi connectivity index (χ1) is 12.9. The van der Waals surface area contributed by atoms with Crippen LogP contribution in [0.4, 0.5) is 0 Å². The van der Waals surface area contributed by atoms with E-state index in [1.807, 2.05) is 7.05 Å². The number of aliphatic imine (C=N–C) groups is 1. The molecule has 1 aliphatic heterocycles. The summed E-state index contributed by atoms with van der Waals surface area (Å²) in [7, 11) is 6.15. The van der Waals surface area contributed by atoms with E-state index in [0.29, 0.717) is 5.92 Å². The molecule has 1 heterocycles. The van der Waals surface area contributed by atoms with E-state index in [2.05, 4.69) is 79.7 Å². The lowest BCUT2D eigenvalue weighted by atomic mass is 9.88. The van der Waals surface area contributed by atoms with Crippen molar-refractivity contribution in [3.63, 3.8) is 0 Å². The molecular weight excluding hydrogens is 463 g/mol. The highest BCUT2D eigenvalue weighted by molar-refractivity contribution is 14.0. The van der Waals surface area contributed by atoms with Crippen molar-refractivity contribution < 1.29 is 4.74 Å². The maximum Gasteiger partial charge on any atom is 0.191 e. The lowest BCUT2D eigenvalue weighted by Gasteiger charge is -2.43. The molecule has 0 aromatic heterocycles. The van der Waals surface area contributed by atoms with Crippen LogP contribution in [0.1, 0.15) is 50.8 Å². The van der Waals surface area contributed by atoms with E-state index < -0.39 is 0 Å². The van der Waals surface area contributed by atoms with Gasteiger partial charge < -0.3 is 20.3 Å². The molecule has 1 atom stereocenters. The third-order valence-electron chi connectivity index (χ3n) is 5.66. The smallest absolute Gasteiger partial charge is 0.191 e. The van der Waals surface area contributed by atoms with Gasteiger partial charge in [-0.3, -0.25) is 4.99 Å². The molecular formula is C22H39IN4O. The standard InChI is InChI=1S/C22H38N4O.HI/c1-17(2)15-19-7-9-20(10-8-19)18(3)25-21(23-4)24-16-22(26(5)6)11-13-27-14-12-22;/h7-10,17-18H,11-16H2,1-6H3,(H2,23,24,25);1H. The summed E-state index contributed by atoms with van der Waals surface area (Å²) in [6.45, 7) is 9.21. The molecule has 2 rings (SSSR count). The topological polar surface area (TPSA) is 48.9 Å². The van der Waals surface area contributed by atoms with E-state index in [9.17, 15) is 0 Å². The minimum atomic E-state index is 0. The predicted octanol–water partition coefficient (Wildman–Crippen LogP) is 3.84. The van der Waals surface area contributed by atoms with Gasteiger partial charge >= 0.3 is 0 Å². The lowest BCUT2D eigenvalue weighted by molar-refractivity contribution is -0.00502. The zero-order valence-corrected chi connectivity index (χ0v) is 20.7. The van der Waals surface area contributed by atoms with Crippen LogP contribution in [0.15, 0.2) is 29.3 Å². The number of hydrogen-bond donors (Lipinski definition) is 2. The molecule has 1 aliphatic rings. The van der Waals surface area contributed by atoms with Gasteiger partial charge in [-0.15, -0.1) is 24.0 Å². The van der Waals surface area contributed by atoms with Crippen LogP contribution in [-0.4, -0.2) is 57.3 Å². The van der Waals surface area contributed by atoms with Gasteiger partial charge in [-0.2, -0.15) is 0 Å². The second-order valence-electron chi connectivity index (χ2n) is 8.36. The van der Waals surface area contributed by atoms with E-state index in [0.717, 1.165) is 45.0 Å². The van der Waals surface area contributed by atoms with Gasteiger partial charge in [0.25, 0.3) is 0 Å². The fourth-order valence-electron chi connectivity index (χ4n) is 3.68. The molecule has 160 valence electrons. The number of likely N-dealkylation sites (N-methyl/N-ethyl adjacent to an activating group) is 1. The first-order valence-electron chi connectivity index (χ1n) is 10.2. The fourth-order valence-corrected chi connectivity index (χ4v) is 3.68. The summed E-state index contributed by atoms with van der Waals surface area (Å²) >= 11 is 0. The maximum absolute atomic E-state index is 5.56. The van der Waals surface area contributed by atoms with E-state index in [-0.39, 0.29) is 35.6 Å². The van der Waals surface area contributed by atoms with Crippen LogP contribution in [0.3, 0.4) is 0 Å². The van der Waals surface area contributed by atoms with Gasteiger partial charge in [0.05, 0.1) is 6.04 Å². The molecule has 1 unspecified atom stereocenters. The molecule has 1 saturated heterocycles. The third kappa shape index (κ3) is 7.19. The average molecular weight is 502 g/mol. The van der Waals surface area contributed by atoms with Crippen molar-refractivity contribution in [2.75, 3.05) is 40.9 Å². The number of guanidine groups is 1. The quantitative estimate of drug-likeness (QED) is 0.338. The molecule has 1 fully saturated rings. The molecule has 5 nitrogen and oxygen atoms in total. The van der Waals surface area contributed by atoms with Crippen molar-refractivity contribution in [2.24, 2.45) is 10.9 Å². The highest BCUT2D eigenvalue weighted by atomic mass is 127. The monoisotopic (exact) mass is 502 g/mol. The number of benzene rings is 1. The lowest BCUT2D eigenvalue weighted by Crippen LogP contribution is -2.57. The normalized spacial score (nSPS) is 17.9. The van der Waals surface area contributed by atoms with E-state index in [4.69, 9.17) is 4.74 Å². The summed E-state index contributed by atoms with van der Waals surface area (Å²) in [5.41, 5.74) is 2.80. The molecule has 0 aliphatic carbocycles. The molecule has 1 aromatic rings. The molecule has 0 saturated carbocycles. The van der Waals surface area contributed by atoms with Crippen LogP contribution < -0.4 is 10.6 Å². The molecule has 0 bridgehead atoms. The number of nitrogens with zero attached hydrogens (tertiary/aromatic N) is 2. The zero-order chi connectivity index (χ0) is 19.9. The predicted molar refractivity (Wildman–Crippen MR) is 130 cm³/mol. The van der Waals surface area contributed by atoms with Gasteiger partial charge in [-0.05, 0) is 57.3 Å².